The number of aromatic nitrogens is 1. The number of benzene rings is 14. The highest BCUT2D eigenvalue weighted by Gasteiger charge is 2.21. The van der Waals surface area contributed by atoms with E-state index in [4.69, 9.17) is 0 Å². The molecule has 14 aromatic carbocycles. The number of fused-ring (bicyclic) bond motifs is 10. The van der Waals surface area contributed by atoms with Crippen LogP contribution in [0.4, 0.5) is 34.1 Å². The van der Waals surface area contributed by atoms with Crippen LogP contribution in [-0.4, -0.2) is 4.57 Å². The number of hydrogen-bond acceptors (Lipinski definition) is 2. The summed E-state index contributed by atoms with van der Waals surface area (Å²) in [5.41, 5.74) is 19.9. The van der Waals surface area contributed by atoms with Crippen LogP contribution in [-0.2, 0) is 0 Å². The maximum Gasteiger partial charge on any atom is 0.0541 e. The largest absolute Gasteiger partial charge is 0.310 e. The van der Waals surface area contributed by atoms with Crippen molar-refractivity contribution >= 4 is 99.0 Å². The summed E-state index contributed by atoms with van der Waals surface area (Å²) in [6, 6.07) is 109. The second-order valence-electron chi connectivity index (χ2n) is 21.4. The van der Waals surface area contributed by atoms with E-state index in [0.717, 1.165) is 34.1 Å². The van der Waals surface area contributed by atoms with Crippen LogP contribution < -0.4 is 9.80 Å². The van der Waals surface area contributed by atoms with Crippen molar-refractivity contribution in [3.05, 3.63) is 308 Å². The first-order valence-electron chi connectivity index (χ1n) is 28.0. The van der Waals surface area contributed by atoms with Gasteiger partial charge in [0.2, 0.25) is 0 Å². The number of nitrogens with zero attached hydrogens (tertiary/aromatic N) is 3. The van der Waals surface area contributed by atoms with Crippen LogP contribution in [0.25, 0.3) is 104 Å². The average Bonchev–Trinajstić information content (AvgIpc) is 4.12. The molecular formula is C78H55N3. The van der Waals surface area contributed by atoms with Crippen LogP contribution in [0.1, 0.15) is 11.1 Å². The van der Waals surface area contributed by atoms with Gasteiger partial charge in [-0.05, 0) is 193 Å². The zero-order chi connectivity index (χ0) is 54.0. The molecule has 0 bridgehead atoms. The Balaban J connectivity index is 0.795. The lowest BCUT2D eigenvalue weighted by Gasteiger charge is -2.28. The molecule has 0 aliphatic rings. The van der Waals surface area contributed by atoms with E-state index in [0.29, 0.717) is 0 Å². The Morgan fingerprint density at radius 1 is 0.247 bits per heavy atom. The van der Waals surface area contributed by atoms with Gasteiger partial charge >= 0.3 is 0 Å². The highest BCUT2D eigenvalue weighted by molar-refractivity contribution is 6.26. The SMILES string of the molecule is Cc1cc(N(c2ccc(-c3ccc(-c4ccc5c(c4)c4ccccc4n5-c4ccccc4)cc3)cc2)c2ccc3c4ccccc4c4ccccc4c3c2)ccc1-c1ccc(N(c2ccccc2)c2cccc3ccccc23)cc1C. The molecule has 0 radical (unpaired) electrons. The minimum Gasteiger partial charge on any atom is -0.310 e. The molecule has 81 heavy (non-hydrogen) atoms. The molecule has 0 fully saturated rings. The molecule has 3 nitrogen and oxygen atoms in total. The van der Waals surface area contributed by atoms with Crippen molar-refractivity contribution in [1.82, 2.24) is 4.57 Å². The van der Waals surface area contributed by atoms with Gasteiger partial charge in [0.1, 0.15) is 0 Å². The first-order valence-corrected chi connectivity index (χ1v) is 28.0. The van der Waals surface area contributed by atoms with Crippen LogP contribution in [0.15, 0.2) is 297 Å². The molecule has 382 valence electrons. The Labute approximate surface area is 472 Å². The van der Waals surface area contributed by atoms with Crippen molar-refractivity contribution in [3.63, 3.8) is 0 Å². The number of rotatable bonds is 10. The fourth-order valence-corrected chi connectivity index (χ4v) is 12.7. The van der Waals surface area contributed by atoms with Crippen molar-refractivity contribution < 1.29 is 0 Å². The van der Waals surface area contributed by atoms with E-state index in [9.17, 15) is 0 Å². The predicted octanol–water partition coefficient (Wildman–Crippen LogP) is 22.0. The minimum atomic E-state index is 1.09. The zero-order valence-electron chi connectivity index (χ0n) is 45.1. The smallest absolute Gasteiger partial charge is 0.0541 e. The topological polar surface area (TPSA) is 11.4 Å². The summed E-state index contributed by atoms with van der Waals surface area (Å²) in [6.45, 7) is 4.50. The lowest BCUT2D eigenvalue weighted by molar-refractivity contribution is 1.18. The van der Waals surface area contributed by atoms with E-state index in [2.05, 4.69) is 325 Å². The second-order valence-corrected chi connectivity index (χ2v) is 21.4. The molecular weight excluding hydrogens is 979 g/mol. The summed E-state index contributed by atoms with van der Waals surface area (Å²) in [6.07, 6.45) is 0. The molecule has 15 aromatic rings. The molecule has 3 heteroatoms. The molecule has 0 saturated heterocycles. The standard InChI is InChI=1S/C78H55N3/c1-52-48-62(41-44-65(52)66-45-42-63(49-53(66)2)80(59-20-5-3-6-21-59)76-31-17-19-57-18-9-10-24-67(57)76)79(64-43-46-72-70-27-12-11-25-68(70)69-26-13-14-28-71(69)74(72)51-64)61-39-36-55(37-40-61)54-32-34-56(35-33-54)58-38-47-78-75(50-58)73-29-15-16-30-77(73)81(78)60-22-7-4-8-23-60/h3-51H,1-2H3. The summed E-state index contributed by atoms with van der Waals surface area (Å²) < 4.78 is 2.37. The normalized spacial score (nSPS) is 11.6. The maximum atomic E-state index is 2.43. The van der Waals surface area contributed by atoms with Gasteiger partial charge in [0.25, 0.3) is 0 Å². The van der Waals surface area contributed by atoms with Crippen molar-refractivity contribution in [1.29, 1.82) is 0 Å². The summed E-state index contributed by atoms with van der Waals surface area (Å²) in [7, 11) is 0. The van der Waals surface area contributed by atoms with Gasteiger partial charge in [-0.25, -0.2) is 0 Å². The molecule has 0 saturated carbocycles. The van der Waals surface area contributed by atoms with E-state index < -0.39 is 0 Å². The molecule has 0 N–H and O–H groups in total. The first kappa shape index (κ1) is 47.7. The number of hydrogen-bond donors (Lipinski definition) is 0. The maximum absolute atomic E-state index is 2.43. The Morgan fingerprint density at radius 3 is 1.32 bits per heavy atom. The molecule has 0 spiro atoms. The highest BCUT2D eigenvalue weighted by Crippen LogP contribution is 2.45. The van der Waals surface area contributed by atoms with Crippen molar-refractivity contribution in [2.24, 2.45) is 0 Å². The molecule has 15 rings (SSSR count). The van der Waals surface area contributed by atoms with Gasteiger partial charge in [0, 0.05) is 50.3 Å². The van der Waals surface area contributed by atoms with E-state index in [1.54, 1.807) is 0 Å². The molecule has 0 aliphatic carbocycles. The summed E-state index contributed by atoms with van der Waals surface area (Å²) in [5.74, 6) is 0. The van der Waals surface area contributed by atoms with Crippen molar-refractivity contribution in [3.8, 4) is 39.1 Å². The van der Waals surface area contributed by atoms with Crippen LogP contribution in [0.3, 0.4) is 0 Å². The van der Waals surface area contributed by atoms with Crippen LogP contribution in [0, 0.1) is 13.8 Å². The highest BCUT2D eigenvalue weighted by atomic mass is 15.1. The van der Waals surface area contributed by atoms with Gasteiger partial charge in [0.05, 0.1) is 16.7 Å². The summed E-state index contributed by atoms with van der Waals surface area (Å²) in [5, 5.41) is 12.5. The number of anilines is 6. The Kier molecular flexibility index (Phi) is 11.6. The summed E-state index contributed by atoms with van der Waals surface area (Å²) in [4.78, 5) is 4.81. The van der Waals surface area contributed by atoms with Crippen molar-refractivity contribution in [2.75, 3.05) is 9.80 Å². The van der Waals surface area contributed by atoms with Crippen LogP contribution in [0.2, 0.25) is 0 Å². The fourth-order valence-electron chi connectivity index (χ4n) is 12.7. The number of aryl methyl sites for hydroxylation is 2. The Hall–Kier alpha value is -10.5. The minimum absolute atomic E-state index is 1.09. The molecule has 1 heterocycles. The Bertz CT molecular complexity index is 4840. The van der Waals surface area contributed by atoms with Gasteiger partial charge in [-0.1, -0.05) is 200 Å². The fraction of sp³-hybridized carbons (Fsp3) is 0.0256. The second kappa shape index (κ2) is 19.8. The first-order chi connectivity index (χ1) is 40.0. The van der Waals surface area contributed by atoms with E-state index in [1.807, 2.05) is 0 Å². The predicted molar refractivity (Wildman–Crippen MR) is 346 cm³/mol. The van der Waals surface area contributed by atoms with E-state index >= 15 is 0 Å². The van der Waals surface area contributed by atoms with Crippen LogP contribution in [0.5, 0.6) is 0 Å². The molecule has 0 unspecified atom stereocenters. The molecule has 0 atom stereocenters. The monoisotopic (exact) mass is 1030 g/mol. The van der Waals surface area contributed by atoms with Gasteiger partial charge in [-0.3, -0.25) is 0 Å². The third-order valence-corrected chi connectivity index (χ3v) is 16.6. The van der Waals surface area contributed by atoms with Gasteiger partial charge in [-0.2, -0.15) is 0 Å². The van der Waals surface area contributed by atoms with Gasteiger partial charge in [0.15, 0.2) is 0 Å². The third kappa shape index (κ3) is 8.29. The quantitative estimate of drug-likeness (QED) is 0.127. The number of para-hydroxylation sites is 3. The summed E-state index contributed by atoms with van der Waals surface area (Å²) >= 11 is 0. The molecule has 0 amide bonds. The zero-order valence-corrected chi connectivity index (χ0v) is 45.1. The molecule has 0 aliphatic heterocycles. The van der Waals surface area contributed by atoms with Crippen LogP contribution >= 0.6 is 0 Å². The third-order valence-electron chi connectivity index (χ3n) is 16.6. The van der Waals surface area contributed by atoms with Gasteiger partial charge < -0.3 is 14.4 Å². The van der Waals surface area contributed by atoms with E-state index in [-0.39, 0.29) is 0 Å². The van der Waals surface area contributed by atoms with Crippen molar-refractivity contribution in [2.45, 2.75) is 13.8 Å². The molecule has 1 aromatic heterocycles. The Morgan fingerprint density at radius 2 is 0.679 bits per heavy atom. The lowest BCUT2D eigenvalue weighted by Crippen LogP contribution is -2.11. The average molecular weight is 1030 g/mol. The van der Waals surface area contributed by atoms with Gasteiger partial charge in [-0.15, -0.1) is 0 Å². The van der Waals surface area contributed by atoms with E-state index in [1.165, 1.54) is 115 Å². The lowest BCUT2D eigenvalue weighted by atomic mass is 9.93.